The van der Waals surface area contributed by atoms with Gasteiger partial charge in [0.25, 0.3) is 0 Å². The fourth-order valence-electron chi connectivity index (χ4n) is 3.76. The molecule has 2 aromatic carbocycles. The van der Waals surface area contributed by atoms with Gasteiger partial charge in [-0.1, -0.05) is 11.6 Å². The van der Waals surface area contributed by atoms with Crippen molar-refractivity contribution in [1.82, 2.24) is 4.98 Å². The van der Waals surface area contributed by atoms with Gasteiger partial charge in [-0.3, -0.25) is 0 Å². The molecule has 0 bridgehead atoms. The summed E-state index contributed by atoms with van der Waals surface area (Å²) in [6.45, 7) is 10.4. The molecule has 0 amide bonds. The van der Waals surface area contributed by atoms with Gasteiger partial charge in [-0.15, -0.1) is 0 Å². The highest BCUT2D eigenvalue weighted by Crippen LogP contribution is 2.34. The van der Waals surface area contributed by atoms with Crippen molar-refractivity contribution in [3.8, 4) is 5.75 Å². The standard InChI is InChI=1S/C23H30ClN3O/c1-5-27(6-2)13-7-8-16(3)25-23-19-11-9-17(24)14-22(19)26-21-12-10-18(28-4)15-20(21)23/h9-12,14-16H,5-8,13H2,1-4H3,(H,25,26)/p+1. The Morgan fingerprint density at radius 2 is 1.86 bits per heavy atom. The molecule has 0 aliphatic carbocycles. The molecule has 4 nitrogen and oxygen atoms in total. The second kappa shape index (κ2) is 9.44. The molecule has 28 heavy (non-hydrogen) atoms. The van der Waals surface area contributed by atoms with Crippen molar-refractivity contribution in [3.05, 3.63) is 41.4 Å². The number of hydrogen-bond donors (Lipinski definition) is 2. The SMILES string of the molecule is CC[NH+](CC)CCCC(C)Nc1c2ccc(Cl)cc2nc2ccc(OC)cc12. The van der Waals surface area contributed by atoms with Crippen LogP contribution in [0.15, 0.2) is 36.4 Å². The molecular formula is C23H31ClN3O+. The Kier molecular flexibility index (Phi) is 6.97. The monoisotopic (exact) mass is 400 g/mol. The number of hydrogen-bond acceptors (Lipinski definition) is 3. The minimum atomic E-state index is 0.366. The second-order valence-corrected chi connectivity index (χ2v) is 7.86. The third-order valence-corrected chi connectivity index (χ3v) is 5.74. The molecule has 3 rings (SSSR count). The Bertz CT molecular complexity index is 940. The lowest BCUT2D eigenvalue weighted by Gasteiger charge is -2.21. The Labute approximate surface area is 172 Å². The zero-order chi connectivity index (χ0) is 20.1. The van der Waals surface area contributed by atoms with E-state index in [0.717, 1.165) is 39.7 Å². The first-order valence-electron chi connectivity index (χ1n) is 10.2. The van der Waals surface area contributed by atoms with Gasteiger partial charge in [0, 0.05) is 21.8 Å². The fourth-order valence-corrected chi connectivity index (χ4v) is 3.93. The van der Waals surface area contributed by atoms with E-state index in [1.165, 1.54) is 26.1 Å². The van der Waals surface area contributed by atoms with Gasteiger partial charge in [-0.2, -0.15) is 0 Å². The van der Waals surface area contributed by atoms with Crippen molar-refractivity contribution < 1.29 is 9.64 Å². The first-order chi connectivity index (χ1) is 13.5. The molecule has 0 spiro atoms. The van der Waals surface area contributed by atoms with Crippen LogP contribution >= 0.6 is 11.6 Å². The van der Waals surface area contributed by atoms with Crippen molar-refractivity contribution in [3.63, 3.8) is 0 Å². The highest BCUT2D eigenvalue weighted by molar-refractivity contribution is 6.31. The number of nitrogens with zero attached hydrogens (tertiary/aromatic N) is 1. The van der Waals surface area contributed by atoms with Crippen LogP contribution in [0, 0.1) is 0 Å². The molecule has 1 atom stereocenters. The Hall–Kier alpha value is -2.04. The fraction of sp³-hybridized carbons (Fsp3) is 0.435. The van der Waals surface area contributed by atoms with E-state index in [9.17, 15) is 0 Å². The van der Waals surface area contributed by atoms with Gasteiger partial charge in [0.2, 0.25) is 0 Å². The topological polar surface area (TPSA) is 38.6 Å². The smallest absolute Gasteiger partial charge is 0.119 e. The third kappa shape index (κ3) is 4.68. The molecule has 0 aliphatic heterocycles. The molecule has 0 aliphatic rings. The average Bonchev–Trinajstić information content (AvgIpc) is 2.70. The van der Waals surface area contributed by atoms with Crippen molar-refractivity contribution >= 4 is 39.1 Å². The summed E-state index contributed by atoms with van der Waals surface area (Å²) in [5, 5.41) is 6.63. The Morgan fingerprint density at radius 1 is 1.07 bits per heavy atom. The van der Waals surface area contributed by atoms with Crippen LogP contribution in [0.1, 0.15) is 33.6 Å². The number of aromatic nitrogens is 1. The lowest BCUT2D eigenvalue weighted by molar-refractivity contribution is -0.896. The summed E-state index contributed by atoms with van der Waals surface area (Å²) in [5.41, 5.74) is 2.96. The number of pyridine rings is 1. The number of halogens is 1. The minimum absolute atomic E-state index is 0.366. The van der Waals surface area contributed by atoms with Gasteiger partial charge in [-0.25, -0.2) is 4.98 Å². The van der Waals surface area contributed by atoms with Gasteiger partial charge in [0.1, 0.15) is 5.75 Å². The van der Waals surface area contributed by atoms with Crippen LogP contribution in [-0.2, 0) is 0 Å². The number of rotatable bonds is 9. The van der Waals surface area contributed by atoms with E-state index in [1.54, 1.807) is 12.0 Å². The molecule has 0 saturated heterocycles. The quantitative estimate of drug-likeness (QED) is 0.517. The van der Waals surface area contributed by atoms with Crippen molar-refractivity contribution in [2.24, 2.45) is 0 Å². The number of methoxy groups -OCH3 is 1. The minimum Gasteiger partial charge on any atom is -0.497 e. The molecule has 0 saturated carbocycles. The summed E-state index contributed by atoms with van der Waals surface area (Å²) in [4.78, 5) is 6.46. The van der Waals surface area contributed by atoms with Crippen molar-refractivity contribution in [1.29, 1.82) is 0 Å². The van der Waals surface area contributed by atoms with E-state index in [2.05, 4.69) is 38.2 Å². The molecule has 0 fully saturated rings. The molecule has 5 heteroatoms. The third-order valence-electron chi connectivity index (χ3n) is 5.50. The largest absolute Gasteiger partial charge is 0.497 e. The van der Waals surface area contributed by atoms with E-state index < -0.39 is 0 Å². The summed E-state index contributed by atoms with van der Waals surface area (Å²) >= 11 is 6.22. The van der Waals surface area contributed by atoms with E-state index in [4.69, 9.17) is 21.3 Å². The number of ether oxygens (including phenoxy) is 1. The predicted molar refractivity (Wildman–Crippen MR) is 120 cm³/mol. The lowest BCUT2D eigenvalue weighted by Crippen LogP contribution is -3.11. The Morgan fingerprint density at radius 3 is 2.57 bits per heavy atom. The number of benzene rings is 2. The molecule has 1 aromatic heterocycles. The molecule has 1 unspecified atom stereocenters. The number of nitrogens with one attached hydrogen (secondary N) is 2. The van der Waals surface area contributed by atoms with Gasteiger partial charge in [0.05, 0.1) is 43.5 Å². The molecular weight excluding hydrogens is 370 g/mol. The van der Waals surface area contributed by atoms with Crippen LogP contribution in [0.25, 0.3) is 21.8 Å². The van der Waals surface area contributed by atoms with E-state index in [-0.39, 0.29) is 0 Å². The summed E-state index contributed by atoms with van der Waals surface area (Å²) < 4.78 is 5.45. The maximum Gasteiger partial charge on any atom is 0.119 e. The van der Waals surface area contributed by atoms with Gasteiger partial charge in [0.15, 0.2) is 0 Å². The highest BCUT2D eigenvalue weighted by Gasteiger charge is 2.14. The molecule has 3 aromatic rings. The first kappa shape index (κ1) is 20.7. The summed E-state index contributed by atoms with van der Waals surface area (Å²) in [5.74, 6) is 0.837. The van der Waals surface area contributed by atoms with Crippen LogP contribution in [0.5, 0.6) is 5.75 Å². The van der Waals surface area contributed by atoms with Crippen LogP contribution in [0.3, 0.4) is 0 Å². The van der Waals surface area contributed by atoms with Crippen LogP contribution in [0.2, 0.25) is 5.02 Å². The zero-order valence-electron chi connectivity index (χ0n) is 17.3. The van der Waals surface area contributed by atoms with Gasteiger partial charge in [-0.05, 0) is 70.0 Å². The maximum atomic E-state index is 6.22. The maximum absolute atomic E-state index is 6.22. The highest BCUT2D eigenvalue weighted by atomic mass is 35.5. The van der Waals surface area contributed by atoms with Crippen molar-refractivity contribution in [2.75, 3.05) is 32.1 Å². The van der Waals surface area contributed by atoms with Gasteiger partial charge >= 0.3 is 0 Å². The zero-order valence-corrected chi connectivity index (χ0v) is 18.1. The van der Waals surface area contributed by atoms with E-state index >= 15 is 0 Å². The summed E-state index contributed by atoms with van der Waals surface area (Å²) in [6.07, 6.45) is 2.34. The van der Waals surface area contributed by atoms with Crippen LogP contribution in [0.4, 0.5) is 5.69 Å². The van der Waals surface area contributed by atoms with Crippen LogP contribution < -0.4 is 15.0 Å². The van der Waals surface area contributed by atoms with E-state index in [1.807, 2.05) is 24.3 Å². The molecule has 2 N–H and O–H groups in total. The number of fused-ring (bicyclic) bond motifs is 2. The predicted octanol–water partition coefficient (Wildman–Crippen LogP) is 4.56. The first-order valence-corrected chi connectivity index (χ1v) is 10.6. The molecule has 0 radical (unpaired) electrons. The molecule has 1 heterocycles. The summed E-state index contributed by atoms with van der Waals surface area (Å²) in [7, 11) is 1.70. The number of quaternary nitrogens is 1. The van der Waals surface area contributed by atoms with E-state index in [0.29, 0.717) is 11.1 Å². The Balaban J connectivity index is 1.92. The summed E-state index contributed by atoms with van der Waals surface area (Å²) in [6, 6.07) is 12.3. The van der Waals surface area contributed by atoms with Crippen molar-refractivity contribution in [2.45, 2.75) is 39.7 Å². The second-order valence-electron chi connectivity index (χ2n) is 7.43. The molecule has 150 valence electrons. The normalized spacial score (nSPS) is 12.6. The van der Waals surface area contributed by atoms with Gasteiger partial charge < -0.3 is 15.0 Å². The lowest BCUT2D eigenvalue weighted by atomic mass is 10.1. The van der Waals surface area contributed by atoms with Crippen LogP contribution in [-0.4, -0.2) is 37.8 Å². The number of anilines is 1. The average molecular weight is 401 g/mol.